The van der Waals surface area contributed by atoms with Crippen LogP contribution in [0, 0.1) is 5.92 Å². The number of aryl methyl sites for hydroxylation is 3. The summed E-state index contributed by atoms with van der Waals surface area (Å²) in [7, 11) is 1.98. The number of nitrogens with zero attached hydrogens (tertiary/aromatic N) is 4. The van der Waals surface area contributed by atoms with Gasteiger partial charge in [-0.25, -0.2) is 0 Å². The Morgan fingerprint density at radius 2 is 1.89 bits per heavy atom. The Bertz CT molecular complexity index is 497. The standard InChI is InChI=1S/C14H23N5/c1-12(2)10-15-11-14-5-8-17-19(14)9-6-13-4-7-16-18(13)3/h4-5,7-8,12,15H,6,9-11H2,1-3H3. The molecule has 0 aliphatic heterocycles. The van der Waals surface area contributed by atoms with E-state index in [1.54, 1.807) is 0 Å². The molecule has 0 saturated carbocycles. The van der Waals surface area contributed by atoms with Gasteiger partial charge in [-0.3, -0.25) is 9.36 Å². The van der Waals surface area contributed by atoms with Crippen molar-refractivity contribution in [3.63, 3.8) is 0 Å². The molecule has 2 heterocycles. The van der Waals surface area contributed by atoms with Gasteiger partial charge in [-0.15, -0.1) is 0 Å². The Hall–Kier alpha value is -1.62. The van der Waals surface area contributed by atoms with Crippen LogP contribution < -0.4 is 5.32 Å². The van der Waals surface area contributed by atoms with Gasteiger partial charge in [0.1, 0.15) is 0 Å². The van der Waals surface area contributed by atoms with Gasteiger partial charge in [0.05, 0.1) is 5.69 Å². The second kappa shape index (κ2) is 6.52. The van der Waals surface area contributed by atoms with E-state index in [9.17, 15) is 0 Å². The van der Waals surface area contributed by atoms with Crippen LogP contribution >= 0.6 is 0 Å². The molecule has 0 unspecified atom stereocenters. The molecule has 0 aliphatic carbocycles. The topological polar surface area (TPSA) is 47.7 Å². The molecule has 19 heavy (non-hydrogen) atoms. The van der Waals surface area contributed by atoms with E-state index in [1.807, 2.05) is 24.1 Å². The predicted molar refractivity (Wildman–Crippen MR) is 75.7 cm³/mol. The molecule has 2 aromatic heterocycles. The van der Waals surface area contributed by atoms with Crippen LogP contribution in [0.4, 0.5) is 0 Å². The van der Waals surface area contributed by atoms with Gasteiger partial charge in [0, 0.05) is 44.6 Å². The monoisotopic (exact) mass is 261 g/mol. The van der Waals surface area contributed by atoms with Gasteiger partial charge in [-0.1, -0.05) is 13.8 Å². The van der Waals surface area contributed by atoms with E-state index in [-0.39, 0.29) is 0 Å². The average Bonchev–Trinajstić information content (AvgIpc) is 2.95. The molecule has 0 radical (unpaired) electrons. The highest BCUT2D eigenvalue weighted by Crippen LogP contribution is 2.04. The van der Waals surface area contributed by atoms with E-state index in [2.05, 4.69) is 46.2 Å². The van der Waals surface area contributed by atoms with Gasteiger partial charge in [0.2, 0.25) is 0 Å². The number of rotatable bonds is 7. The van der Waals surface area contributed by atoms with E-state index in [0.29, 0.717) is 5.92 Å². The molecule has 1 N–H and O–H groups in total. The Morgan fingerprint density at radius 3 is 2.58 bits per heavy atom. The normalized spacial score (nSPS) is 11.4. The molecule has 0 amide bonds. The van der Waals surface area contributed by atoms with Crippen molar-refractivity contribution >= 4 is 0 Å². The van der Waals surface area contributed by atoms with Crippen LogP contribution in [0.15, 0.2) is 24.5 Å². The van der Waals surface area contributed by atoms with Gasteiger partial charge < -0.3 is 5.32 Å². The lowest BCUT2D eigenvalue weighted by molar-refractivity contribution is 0.512. The summed E-state index contributed by atoms with van der Waals surface area (Å²) in [5.74, 6) is 0.672. The zero-order valence-electron chi connectivity index (χ0n) is 12.0. The minimum absolute atomic E-state index is 0.672. The molecule has 0 fully saturated rings. The maximum atomic E-state index is 4.39. The van der Waals surface area contributed by atoms with E-state index in [0.717, 1.165) is 26.1 Å². The second-order valence-electron chi connectivity index (χ2n) is 5.27. The highest BCUT2D eigenvalue weighted by Gasteiger charge is 2.04. The Morgan fingerprint density at radius 1 is 1.16 bits per heavy atom. The fourth-order valence-electron chi connectivity index (χ4n) is 2.07. The predicted octanol–water partition coefficient (Wildman–Crippen LogP) is 1.60. The molecular weight excluding hydrogens is 238 g/mol. The fraction of sp³-hybridized carbons (Fsp3) is 0.571. The van der Waals surface area contributed by atoms with E-state index < -0.39 is 0 Å². The maximum Gasteiger partial charge on any atom is 0.0522 e. The summed E-state index contributed by atoms with van der Waals surface area (Å²) in [6.45, 7) is 7.24. The van der Waals surface area contributed by atoms with Crippen LogP contribution in [-0.4, -0.2) is 26.1 Å². The van der Waals surface area contributed by atoms with Crippen molar-refractivity contribution in [3.05, 3.63) is 35.9 Å². The molecule has 0 aromatic carbocycles. The van der Waals surface area contributed by atoms with Gasteiger partial charge in [-0.05, 0) is 24.6 Å². The van der Waals surface area contributed by atoms with Crippen LogP contribution in [0.5, 0.6) is 0 Å². The average molecular weight is 261 g/mol. The summed E-state index contributed by atoms with van der Waals surface area (Å²) in [6, 6.07) is 4.14. The first-order valence-corrected chi connectivity index (χ1v) is 6.85. The van der Waals surface area contributed by atoms with Gasteiger partial charge in [0.25, 0.3) is 0 Å². The lowest BCUT2D eigenvalue weighted by atomic mass is 10.2. The highest BCUT2D eigenvalue weighted by atomic mass is 15.3. The molecular formula is C14H23N5. The zero-order valence-corrected chi connectivity index (χ0v) is 12.0. The second-order valence-corrected chi connectivity index (χ2v) is 5.27. The van der Waals surface area contributed by atoms with Gasteiger partial charge in [-0.2, -0.15) is 10.2 Å². The van der Waals surface area contributed by atoms with E-state index in [4.69, 9.17) is 0 Å². The van der Waals surface area contributed by atoms with Crippen molar-refractivity contribution in [2.75, 3.05) is 6.54 Å². The van der Waals surface area contributed by atoms with Crippen molar-refractivity contribution in [2.45, 2.75) is 33.4 Å². The van der Waals surface area contributed by atoms with E-state index in [1.165, 1.54) is 11.4 Å². The lowest BCUT2D eigenvalue weighted by Gasteiger charge is -2.10. The Kier molecular flexibility index (Phi) is 4.74. The first-order chi connectivity index (χ1) is 9.16. The maximum absolute atomic E-state index is 4.39. The third-order valence-electron chi connectivity index (χ3n) is 3.17. The molecule has 5 nitrogen and oxygen atoms in total. The number of hydrogen-bond donors (Lipinski definition) is 1. The Labute approximate surface area is 114 Å². The van der Waals surface area contributed by atoms with Crippen LogP contribution in [0.1, 0.15) is 25.2 Å². The minimum atomic E-state index is 0.672. The summed E-state index contributed by atoms with van der Waals surface area (Å²) in [6.07, 6.45) is 4.66. The molecule has 0 bridgehead atoms. The quantitative estimate of drug-likeness (QED) is 0.823. The summed E-state index contributed by atoms with van der Waals surface area (Å²) >= 11 is 0. The van der Waals surface area contributed by atoms with Crippen LogP contribution in [-0.2, 0) is 26.6 Å². The van der Waals surface area contributed by atoms with Crippen LogP contribution in [0.2, 0.25) is 0 Å². The van der Waals surface area contributed by atoms with E-state index >= 15 is 0 Å². The molecule has 2 aromatic rings. The molecule has 2 rings (SSSR count). The number of aromatic nitrogens is 4. The molecule has 0 aliphatic rings. The summed E-state index contributed by atoms with van der Waals surface area (Å²) in [5.41, 5.74) is 2.47. The Balaban J connectivity index is 1.87. The van der Waals surface area contributed by atoms with Gasteiger partial charge in [0.15, 0.2) is 0 Å². The van der Waals surface area contributed by atoms with Crippen molar-refractivity contribution in [3.8, 4) is 0 Å². The third kappa shape index (κ3) is 3.92. The summed E-state index contributed by atoms with van der Waals surface area (Å²) in [4.78, 5) is 0. The van der Waals surface area contributed by atoms with Crippen molar-refractivity contribution in [1.29, 1.82) is 0 Å². The van der Waals surface area contributed by atoms with Crippen molar-refractivity contribution < 1.29 is 0 Å². The first kappa shape index (κ1) is 13.8. The molecule has 5 heteroatoms. The largest absolute Gasteiger partial charge is 0.311 e. The molecule has 0 atom stereocenters. The highest BCUT2D eigenvalue weighted by molar-refractivity contribution is 5.03. The lowest BCUT2D eigenvalue weighted by Crippen LogP contribution is -2.21. The minimum Gasteiger partial charge on any atom is -0.311 e. The SMILES string of the molecule is CC(C)CNCc1ccnn1CCc1ccnn1C. The first-order valence-electron chi connectivity index (χ1n) is 6.85. The zero-order chi connectivity index (χ0) is 13.7. The fourth-order valence-corrected chi connectivity index (χ4v) is 2.07. The number of hydrogen-bond acceptors (Lipinski definition) is 3. The molecule has 104 valence electrons. The van der Waals surface area contributed by atoms with Crippen LogP contribution in [0.25, 0.3) is 0 Å². The van der Waals surface area contributed by atoms with Gasteiger partial charge >= 0.3 is 0 Å². The number of nitrogens with one attached hydrogen (secondary N) is 1. The smallest absolute Gasteiger partial charge is 0.0522 e. The summed E-state index contributed by atoms with van der Waals surface area (Å²) in [5, 5.41) is 12.0. The molecule has 0 spiro atoms. The van der Waals surface area contributed by atoms with Crippen molar-refractivity contribution in [1.82, 2.24) is 24.9 Å². The van der Waals surface area contributed by atoms with Crippen molar-refractivity contribution in [2.24, 2.45) is 13.0 Å². The third-order valence-corrected chi connectivity index (χ3v) is 3.17. The summed E-state index contributed by atoms with van der Waals surface area (Å²) < 4.78 is 3.99. The molecule has 0 saturated heterocycles. The van der Waals surface area contributed by atoms with Crippen LogP contribution in [0.3, 0.4) is 0 Å².